The normalized spacial score (nSPS) is 10.1. The Bertz CT molecular complexity index is 773. The molecular formula is C16H18N2O7. The first-order valence-corrected chi connectivity index (χ1v) is 7.09. The van der Waals surface area contributed by atoms with Crippen molar-refractivity contribution in [1.82, 2.24) is 9.78 Å². The highest BCUT2D eigenvalue weighted by molar-refractivity contribution is 5.93. The SMILES string of the molecule is COC(=O)c1cc(OC(=O)c2cc(OC)c(OC)c(OC)c2)n(C)n1. The van der Waals surface area contributed by atoms with Gasteiger partial charge in [0.15, 0.2) is 17.2 Å². The first-order chi connectivity index (χ1) is 11.9. The van der Waals surface area contributed by atoms with Crippen LogP contribution in [-0.2, 0) is 11.8 Å². The van der Waals surface area contributed by atoms with Gasteiger partial charge in [-0.3, -0.25) is 0 Å². The zero-order valence-corrected chi connectivity index (χ0v) is 14.5. The van der Waals surface area contributed by atoms with Crippen LogP contribution in [0.4, 0.5) is 0 Å². The fourth-order valence-corrected chi connectivity index (χ4v) is 2.10. The average Bonchev–Trinajstić information content (AvgIpc) is 2.99. The van der Waals surface area contributed by atoms with E-state index >= 15 is 0 Å². The van der Waals surface area contributed by atoms with Crippen LogP contribution in [0.25, 0.3) is 0 Å². The molecule has 0 amide bonds. The third-order valence-electron chi connectivity index (χ3n) is 3.33. The lowest BCUT2D eigenvalue weighted by Gasteiger charge is -2.13. The quantitative estimate of drug-likeness (QED) is 0.722. The molecule has 9 heteroatoms. The number of rotatable bonds is 6. The third-order valence-corrected chi connectivity index (χ3v) is 3.33. The first kappa shape index (κ1) is 18.1. The van der Waals surface area contributed by atoms with Crippen molar-refractivity contribution in [3.8, 4) is 23.1 Å². The molecule has 0 saturated carbocycles. The maximum atomic E-state index is 12.4. The third kappa shape index (κ3) is 3.65. The highest BCUT2D eigenvalue weighted by atomic mass is 16.6. The van der Waals surface area contributed by atoms with Gasteiger partial charge in [-0.05, 0) is 12.1 Å². The van der Waals surface area contributed by atoms with E-state index in [4.69, 9.17) is 18.9 Å². The van der Waals surface area contributed by atoms with Crippen molar-refractivity contribution in [2.45, 2.75) is 0 Å². The second-order valence-electron chi connectivity index (χ2n) is 4.79. The molecule has 0 spiro atoms. The lowest BCUT2D eigenvalue weighted by atomic mass is 10.2. The average molecular weight is 350 g/mol. The van der Waals surface area contributed by atoms with E-state index in [1.54, 1.807) is 0 Å². The Morgan fingerprint density at radius 1 is 0.920 bits per heavy atom. The van der Waals surface area contributed by atoms with Crippen molar-refractivity contribution in [1.29, 1.82) is 0 Å². The Morgan fingerprint density at radius 3 is 2.00 bits per heavy atom. The predicted octanol–water partition coefficient (Wildman–Crippen LogP) is 1.45. The lowest BCUT2D eigenvalue weighted by molar-refractivity contribution is 0.0592. The summed E-state index contributed by atoms with van der Waals surface area (Å²) in [5.74, 6) is -0.248. The van der Waals surface area contributed by atoms with E-state index in [9.17, 15) is 9.59 Å². The Kier molecular flexibility index (Phi) is 5.48. The van der Waals surface area contributed by atoms with Gasteiger partial charge in [0.05, 0.1) is 34.0 Å². The van der Waals surface area contributed by atoms with Crippen LogP contribution in [0, 0.1) is 0 Å². The topological polar surface area (TPSA) is 98.1 Å². The minimum Gasteiger partial charge on any atom is -0.493 e. The maximum Gasteiger partial charge on any atom is 0.358 e. The summed E-state index contributed by atoms with van der Waals surface area (Å²) in [5.41, 5.74) is 0.202. The van der Waals surface area contributed by atoms with E-state index < -0.39 is 11.9 Å². The number of esters is 2. The van der Waals surface area contributed by atoms with Crippen molar-refractivity contribution in [2.24, 2.45) is 7.05 Å². The number of aryl methyl sites for hydroxylation is 1. The van der Waals surface area contributed by atoms with E-state index in [-0.39, 0.29) is 17.1 Å². The molecule has 2 aromatic rings. The summed E-state index contributed by atoms with van der Waals surface area (Å²) in [6, 6.07) is 4.23. The predicted molar refractivity (Wildman–Crippen MR) is 85.6 cm³/mol. The van der Waals surface area contributed by atoms with Crippen LogP contribution >= 0.6 is 0 Å². The van der Waals surface area contributed by atoms with E-state index in [0.717, 1.165) is 0 Å². The molecule has 0 saturated heterocycles. The van der Waals surface area contributed by atoms with Crippen LogP contribution < -0.4 is 18.9 Å². The molecule has 0 unspecified atom stereocenters. The Labute approximate surface area is 144 Å². The highest BCUT2D eigenvalue weighted by Gasteiger charge is 2.21. The van der Waals surface area contributed by atoms with E-state index in [1.165, 1.54) is 58.4 Å². The molecule has 2 rings (SSSR count). The molecule has 0 aliphatic carbocycles. The fraction of sp³-hybridized carbons (Fsp3) is 0.312. The smallest absolute Gasteiger partial charge is 0.358 e. The van der Waals surface area contributed by atoms with Crippen molar-refractivity contribution in [2.75, 3.05) is 28.4 Å². The fourth-order valence-electron chi connectivity index (χ4n) is 2.10. The minimum absolute atomic E-state index is 0.0256. The van der Waals surface area contributed by atoms with Crippen molar-refractivity contribution < 1.29 is 33.3 Å². The van der Waals surface area contributed by atoms with Crippen LogP contribution in [0.5, 0.6) is 23.1 Å². The standard InChI is InChI=1S/C16H18N2O7/c1-18-13(8-10(17-18)16(20)24-5)25-15(19)9-6-11(21-2)14(23-4)12(7-9)22-3/h6-8H,1-5H3. The number of benzene rings is 1. The van der Waals surface area contributed by atoms with Gasteiger partial charge in [-0.15, -0.1) is 0 Å². The summed E-state index contributed by atoms with van der Waals surface area (Å²) in [5, 5.41) is 3.92. The van der Waals surface area contributed by atoms with Gasteiger partial charge in [0.25, 0.3) is 0 Å². The van der Waals surface area contributed by atoms with Gasteiger partial charge in [-0.1, -0.05) is 0 Å². The summed E-state index contributed by atoms with van der Waals surface area (Å²) in [7, 11) is 7.11. The molecule has 0 radical (unpaired) electrons. The van der Waals surface area contributed by atoms with Crippen LogP contribution in [0.2, 0.25) is 0 Å². The largest absolute Gasteiger partial charge is 0.493 e. The molecule has 1 aromatic heterocycles. The molecule has 0 bridgehead atoms. The van der Waals surface area contributed by atoms with Gasteiger partial charge in [-0.25, -0.2) is 14.3 Å². The van der Waals surface area contributed by atoms with Crippen LogP contribution in [-0.4, -0.2) is 50.2 Å². The number of carbonyl (C=O) groups is 2. The number of hydrogen-bond donors (Lipinski definition) is 0. The second kappa shape index (κ2) is 7.56. The maximum absolute atomic E-state index is 12.4. The number of ether oxygens (including phenoxy) is 5. The zero-order chi connectivity index (χ0) is 18.6. The first-order valence-electron chi connectivity index (χ1n) is 7.09. The number of nitrogens with zero attached hydrogens (tertiary/aromatic N) is 2. The Balaban J connectivity index is 2.32. The van der Waals surface area contributed by atoms with Gasteiger partial charge in [0.1, 0.15) is 0 Å². The lowest BCUT2D eigenvalue weighted by Crippen LogP contribution is -2.12. The zero-order valence-electron chi connectivity index (χ0n) is 14.5. The van der Waals surface area contributed by atoms with Crippen LogP contribution in [0.15, 0.2) is 18.2 Å². The Morgan fingerprint density at radius 2 is 1.52 bits per heavy atom. The molecule has 134 valence electrons. The molecule has 0 aliphatic heterocycles. The molecule has 1 aromatic carbocycles. The van der Waals surface area contributed by atoms with Crippen LogP contribution in [0.1, 0.15) is 20.8 Å². The molecule has 0 N–H and O–H groups in total. The van der Waals surface area contributed by atoms with Gasteiger partial charge >= 0.3 is 11.9 Å². The minimum atomic E-state index is -0.682. The molecular weight excluding hydrogens is 332 g/mol. The summed E-state index contributed by atoms with van der Waals surface area (Å²) in [4.78, 5) is 23.9. The summed E-state index contributed by atoms with van der Waals surface area (Å²) < 4.78 is 26.7. The molecule has 25 heavy (non-hydrogen) atoms. The number of hydrogen-bond acceptors (Lipinski definition) is 8. The van der Waals surface area contributed by atoms with E-state index in [1.807, 2.05) is 0 Å². The van der Waals surface area contributed by atoms with Crippen molar-refractivity contribution >= 4 is 11.9 Å². The van der Waals surface area contributed by atoms with E-state index in [0.29, 0.717) is 17.2 Å². The molecule has 0 atom stereocenters. The van der Waals surface area contributed by atoms with Crippen molar-refractivity contribution in [3.63, 3.8) is 0 Å². The van der Waals surface area contributed by atoms with Crippen LogP contribution in [0.3, 0.4) is 0 Å². The molecule has 0 fully saturated rings. The Hall–Kier alpha value is -3.23. The second-order valence-corrected chi connectivity index (χ2v) is 4.79. The summed E-state index contributed by atoms with van der Waals surface area (Å²) in [6.07, 6.45) is 0. The molecule has 9 nitrogen and oxygen atoms in total. The summed E-state index contributed by atoms with van der Waals surface area (Å²) in [6.45, 7) is 0. The number of methoxy groups -OCH3 is 4. The summed E-state index contributed by atoms with van der Waals surface area (Å²) >= 11 is 0. The van der Waals surface area contributed by atoms with Gasteiger partial charge in [0.2, 0.25) is 11.6 Å². The van der Waals surface area contributed by atoms with Gasteiger partial charge in [0, 0.05) is 13.1 Å². The van der Waals surface area contributed by atoms with E-state index in [2.05, 4.69) is 9.84 Å². The highest BCUT2D eigenvalue weighted by Crippen LogP contribution is 2.38. The van der Waals surface area contributed by atoms with Gasteiger partial charge in [-0.2, -0.15) is 5.10 Å². The monoisotopic (exact) mass is 350 g/mol. The van der Waals surface area contributed by atoms with Gasteiger partial charge < -0.3 is 23.7 Å². The molecule has 1 heterocycles. The van der Waals surface area contributed by atoms with Crippen molar-refractivity contribution in [3.05, 3.63) is 29.5 Å². The molecule has 0 aliphatic rings. The number of carbonyl (C=O) groups excluding carboxylic acids is 2. The number of aromatic nitrogens is 2.